The van der Waals surface area contributed by atoms with Crippen LogP contribution in [0.4, 0.5) is 0 Å². The van der Waals surface area contributed by atoms with Crippen LogP contribution in [0.2, 0.25) is 0 Å². The highest BCUT2D eigenvalue weighted by Crippen LogP contribution is 2.36. The van der Waals surface area contributed by atoms with Gasteiger partial charge >= 0.3 is 0 Å². The van der Waals surface area contributed by atoms with E-state index in [1.165, 1.54) is 5.56 Å². The lowest BCUT2D eigenvalue weighted by Crippen LogP contribution is -2.28. The van der Waals surface area contributed by atoms with Crippen molar-refractivity contribution >= 4 is 5.91 Å². The molecule has 1 saturated heterocycles. The molecular weight excluding hydrogens is 328 g/mol. The number of carbonyl (C=O) groups is 1. The number of nitrogens with zero attached hydrogens (tertiary/aromatic N) is 2. The number of hydrogen-bond donors (Lipinski definition) is 0. The molecular formula is C21H24N2O3. The number of aromatic nitrogens is 1. The van der Waals surface area contributed by atoms with E-state index in [9.17, 15) is 4.79 Å². The van der Waals surface area contributed by atoms with Crippen molar-refractivity contribution in [3.63, 3.8) is 0 Å². The van der Waals surface area contributed by atoms with Crippen LogP contribution in [0, 0.1) is 5.92 Å². The molecule has 1 fully saturated rings. The first-order valence-corrected chi connectivity index (χ1v) is 9.27. The quantitative estimate of drug-likeness (QED) is 0.848. The molecule has 4 rings (SSSR count). The van der Waals surface area contributed by atoms with Crippen LogP contribution in [0.5, 0.6) is 11.5 Å². The smallest absolute Gasteiger partial charge is 0.253 e. The first kappa shape index (κ1) is 16.9. The zero-order valence-electron chi connectivity index (χ0n) is 15.1. The van der Waals surface area contributed by atoms with Crippen LogP contribution in [-0.2, 0) is 12.8 Å². The number of hydrogen-bond acceptors (Lipinski definition) is 4. The van der Waals surface area contributed by atoms with Crippen molar-refractivity contribution in [1.29, 1.82) is 0 Å². The SMILES string of the molecule is COc1cccc2c1OC[C@H](Cc1cc(C(=O)N3CCCC3)ccn1)C2. The minimum absolute atomic E-state index is 0.126. The summed E-state index contributed by atoms with van der Waals surface area (Å²) in [7, 11) is 1.66. The third-order valence-corrected chi connectivity index (χ3v) is 5.21. The summed E-state index contributed by atoms with van der Waals surface area (Å²) in [6.07, 6.45) is 5.69. The average molecular weight is 352 g/mol. The van der Waals surface area contributed by atoms with E-state index in [2.05, 4.69) is 11.1 Å². The molecule has 1 aromatic carbocycles. The van der Waals surface area contributed by atoms with E-state index < -0.39 is 0 Å². The maximum Gasteiger partial charge on any atom is 0.253 e. The fraction of sp³-hybridized carbons (Fsp3) is 0.429. The van der Waals surface area contributed by atoms with Gasteiger partial charge in [-0.15, -0.1) is 0 Å². The summed E-state index contributed by atoms with van der Waals surface area (Å²) >= 11 is 0. The Morgan fingerprint density at radius 1 is 1.31 bits per heavy atom. The summed E-state index contributed by atoms with van der Waals surface area (Å²) in [4.78, 5) is 19.0. The molecule has 0 spiro atoms. The summed E-state index contributed by atoms with van der Waals surface area (Å²) in [5, 5.41) is 0. The van der Waals surface area contributed by atoms with Crippen molar-refractivity contribution in [1.82, 2.24) is 9.88 Å². The van der Waals surface area contributed by atoms with Gasteiger partial charge < -0.3 is 14.4 Å². The van der Waals surface area contributed by atoms with Crippen LogP contribution < -0.4 is 9.47 Å². The van der Waals surface area contributed by atoms with Gasteiger partial charge in [-0.05, 0) is 49.4 Å². The summed E-state index contributed by atoms with van der Waals surface area (Å²) in [5.41, 5.74) is 2.87. The van der Waals surface area contributed by atoms with E-state index in [1.54, 1.807) is 13.3 Å². The van der Waals surface area contributed by atoms with Gasteiger partial charge in [0.2, 0.25) is 0 Å². The summed E-state index contributed by atoms with van der Waals surface area (Å²) in [6.45, 7) is 2.37. The molecule has 1 atom stereocenters. The molecule has 0 bridgehead atoms. The first-order chi connectivity index (χ1) is 12.7. The second-order valence-corrected chi connectivity index (χ2v) is 7.07. The molecule has 0 saturated carbocycles. The van der Waals surface area contributed by atoms with E-state index in [0.29, 0.717) is 12.5 Å². The minimum atomic E-state index is 0.126. The first-order valence-electron chi connectivity index (χ1n) is 9.27. The Labute approximate surface area is 153 Å². The van der Waals surface area contributed by atoms with Gasteiger partial charge in [0, 0.05) is 36.5 Å². The van der Waals surface area contributed by atoms with E-state index in [1.807, 2.05) is 29.2 Å². The van der Waals surface area contributed by atoms with E-state index in [4.69, 9.17) is 9.47 Å². The minimum Gasteiger partial charge on any atom is -0.493 e. The highest BCUT2D eigenvalue weighted by atomic mass is 16.5. The molecule has 2 aliphatic heterocycles. The predicted octanol–water partition coefficient (Wildman–Crippen LogP) is 3.12. The Morgan fingerprint density at radius 3 is 2.96 bits per heavy atom. The monoisotopic (exact) mass is 352 g/mol. The second-order valence-electron chi connectivity index (χ2n) is 7.07. The molecule has 136 valence electrons. The van der Waals surface area contributed by atoms with Crippen molar-refractivity contribution in [3.05, 3.63) is 53.3 Å². The zero-order valence-corrected chi connectivity index (χ0v) is 15.1. The largest absolute Gasteiger partial charge is 0.493 e. The second kappa shape index (κ2) is 7.36. The van der Waals surface area contributed by atoms with Gasteiger partial charge in [-0.3, -0.25) is 9.78 Å². The molecule has 0 unspecified atom stereocenters. The van der Waals surface area contributed by atoms with Crippen molar-refractivity contribution in [2.24, 2.45) is 5.92 Å². The number of para-hydroxylation sites is 1. The van der Waals surface area contributed by atoms with Gasteiger partial charge in [-0.1, -0.05) is 12.1 Å². The van der Waals surface area contributed by atoms with E-state index in [0.717, 1.165) is 61.5 Å². The standard InChI is InChI=1S/C21H24N2O3/c1-25-19-6-4-5-16-11-15(14-26-20(16)19)12-18-13-17(7-8-22-18)21(24)23-9-2-3-10-23/h4-8,13,15H,2-3,9-12,14H2,1H3/t15-/m0/s1. The van der Waals surface area contributed by atoms with Crippen LogP contribution in [-0.4, -0.2) is 42.6 Å². The Hall–Kier alpha value is -2.56. The lowest BCUT2D eigenvalue weighted by molar-refractivity contribution is 0.0792. The third-order valence-electron chi connectivity index (χ3n) is 5.21. The van der Waals surface area contributed by atoms with Gasteiger partial charge in [-0.2, -0.15) is 0 Å². The number of likely N-dealkylation sites (tertiary alicyclic amines) is 1. The molecule has 2 aromatic rings. The normalized spacial score (nSPS) is 19.0. The maximum atomic E-state index is 12.6. The van der Waals surface area contributed by atoms with Gasteiger partial charge in [0.25, 0.3) is 5.91 Å². The number of fused-ring (bicyclic) bond motifs is 1. The Morgan fingerprint density at radius 2 is 2.15 bits per heavy atom. The highest BCUT2D eigenvalue weighted by Gasteiger charge is 2.24. The number of rotatable bonds is 4. The molecule has 0 radical (unpaired) electrons. The zero-order chi connectivity index (χ0) is 17.9. The number of carbonyl (C=O) groups excluding carboxylic acids is 1. The lowest BCUT2D eigenvalue weighted by atomic mass is 9.92. The van der Waals surface area contributed by atoms with Crippen LogP contribution in [0.15, 0.2) is 36.5 Å². The van der Waals surface area contributed by atoms with Crippen LogP contribution in [0.3, 0.4) is 0 Å². The molecule has 0 N–H and O–H groups in total. The Balaban J connectivity index is 1.46. The Bertz CT molecular complexity index is 800. The van der Waals surface area contributed by atoms with Crippen molar-refractivity contribution in [3.8, 4) is 11.5 Å². The molecule has 1 amide bonds. The molecule has 5 nitrogen and oxygen atoms in total. The maximum absolute atomic E-state index is 12.6. The molecule has 2 aliphatic rings. The van der Waals surface area contributed by atoms with Crippen LogP contribution >= 0.6 is 0 Å². The van der Waals surface area contributed by atoms with Crippen LogP contribution in [0.1, 0.15) is 34.5 Å². The van der Waals surface area contributed by atoms with Crippen LogP contribution in [0.25, 0.3) is 0 Å². The number of amides is 1. The number of pyridine rings is 1. The van der Waals surface area contributed by atoms with Crippen molar-refractivity contribution in [2.45, 2.75) is 25.7 Å². The fourth-order valence-corrected chi connectivity index (χ4v) is 3.87. The number of ether oxygens (including phenoxy) is 2. The Kier molecular flexibility index (Phi) is 4.78. The van der Waals surface area contributed by atoms with Gasteiger partial charge in [-0.25, -0.2) is 0 Å². The van der Waals surface area contributed by atoms with Crippen molar-refractivity contribution < 1.29 is 14.3 Å². The highest BCUT2D eigenvalue weighted by molar-refractivity contribution is 5.94. The van der Waals surface area contributed by atoms with E-state index in [-0.39, 0.29) is 5.91 Å². The molecule has 5 heteroatoms. The summed E-state index contributed by atoms with van der Waals surface area (Å²) < 4.78 is 11.3. The molecule has 3 heterocycles. The van der Waals surface area contributed by atoms with Gasteiger partial charge in [0.05, 0.1) is 13.7 Å². The predicted molar refractivity (Wildman–Crippen MR) is 98.8 cm³/mol. The van der Waals surface area contributed by atoms with Crippen molar-refractivity contribution in [2.75, 3.05) is 26.8 Å². The average Bonchev–Trinajstić information content (AvgIpc) is 3.21. The molecule has 0 aliphatic carbocycles. The molecule has 1 aromatic heterocycles. The number of benzene rings is 1. The third kappa shape index (κ3) is 3.39. The fourth-order valence-electron chi connectivity index (χ4n) is 3.87. The lowest BCUT2D eigenvalue weighted by Gasteiger charge is -2.26. The number of methoxy groups -OCH3 is 1. The van der Waals surface area contributed by atoms with Gasteiger partial charge in [0.15, 0.2) is 11.5 Å². The van der Waals surface area contributed by atoms with Gasteiger partial charge in [0.1, 0.15) is 0 Å². The molecule has 26 heavy (non-hydrogen) atoms. The van der Waals surface area contributed by atoms with E-state index >= 15 is 0 Å². The summed E-state index contributed by atoms with van der Waals surface area (Å²) in [5.74, 6) is 2.12. The topological polar surface area (TPSA) is 51.7 Å². The summed E-state index contributed by atoms with van der Waals surface area (Å²) in [6, 6.07) is 9.78.